The van der Waals surface area contributed by atoms with Crippen molar-refractivity contribution in [2.24, 2.45) is 5.92 Å². The van der Waals surface area contributed by atoms with Crippen LogP contribution in [0.3, 0.4) is 0 Å². The van der Waals surface area contributed by atoms with Crippen molar-refractivity contribution in [2.45, 2.75) is 25.7 Å². The average Bonchev–Trinajstić information content (AvgIpc) is 3.37. The smallest absolute Gasteiger partial charge is 0.222 e. The first kappa shape index (κ1) is 15.3. The Labute approximate surface area is 133 Å². The normalized spacial score (nSPS) is 19.2. The molecule has 22 heavy (non-hydrogen) atoms. The lowest BCUT2D eigenvalue weighted by atomic mass is 10.1. The van der Waals surface area contributed by atoms with Gasteiger partial charge in [-0.15, -0.1) is 0 Å². The monoisotopic (exact) mass is 302 g/mol. The van der Waals surface area contributed by atoms with Gasteiger partial charge in [0.15, 0.2) is 0 Å². The van der Waals surface area contributed by atoms with Crippen molar-refractivity contribution in [1.82, 2.24) is 9.80 Å². The Morgan fingerprint density at radius 1 is 1.18 bits per heavy atom. The van der Waals surface area contributed by atoms with Gasteiger partial charge in [-0.1, -0.05) is 18.2 Å². The van der Waals surface area contributed by atoms with E-state index in [9.17, 15) is 4.79 Å². The van der Waals surface area contributed by atoms with E-state index in [0.29, 0.717) is 6.42 Å². The molecule has 3 rings (SSSR count). The Kier molecular flexibility index (Phi) is 4.98. The molecule has 2 aliphatic rings. The molecule has 4 heteroatoms. The highest BCUT2D eigenvalue weighted by molar-refractivity contribution is 5.76. The summed E-state index contributed by atoms with van der Waals surface area (Å²) < 4.78 is 5.35. The molecule has 0 bridgehead atoms. The SMILES string of the molecule is COc1ccccc1CCC(=O)N1CCN(CC2CC2)CC1. The molecule has 1 aliphatic heterocycles. The topological polar surface area (TPSA) is 32.8 Å². The fraction of sp³-hybridized carbons (Fsp3) is 0.611. The van der Waals surface area contributed by atoms with Crippen LogP contribution in [-0.4, -0.2) is 55.5 Å². The van der Waals surface area contributed by atoms with Crippen molar-refractivity contribution in [3.05, 3.63) is 29.8 Å². The van der Waals surface area contributed by atoms with Crippen LogP contribution in [0.15, 0.2) is 24.3 Å². The summed E-state index contributed by atoms with van der Waals surface area (Å²) in [7, 11) is 1.68. The van der Waals surface area contributed by atoms with E-state index in [2.05, 4.69) is 4.90 Å². The third-order valence-corrected chi connectivity index (χ3v) is 4.74. The fourth-order valence-electron chi connectivity index (χ4n) is 3.15. The lowest BCUT2D eigenvalue weighted by Crippen LogP contribution is -2.49. The van der Waals surface area contributed by atoms with Crippen LogP contribution in [0.2, 0.25) is 0 Å². The number of hydrogen-bond donors (Lipinski definition) is 0. The zero-order valence-electron chi connectivity index (χ0n) is 13.5. The highest BCUT2D eigenvalue weighted by Crippen LogP contribution is 2.30. The number of para-hydroxylation sites is 1. The zero-order valence-corrected chi connectivity index (χ0v) is 13.5. The second kappa shape index (κ2) is 7.14. The van der Waals surface area contributed by atoms with Crippen LogP contribution >= 0.6 is 0 Å². The summed E-state index contributed by atoms with van der Waals surface area (Å²) in [6.07, 6.45) is 4.13. The number of amides is 1. The van der Waals surface area contributed by atoms with Gasteiger partial charge in [-0.2, -0.15) is 0 Å². The maximum atomic E-state index is 12.4. The Balaban J connectivity index is 1.44. The minimum absolute atomic E-state index is 0.275. The highest BCUT2D eigenvalue weighted by Gasteiger charge is 2.27. The van der Waals surface area contributed by atoms with Gasteiger partial charge in [0, 0.05) is 39.1 Å². The van der Waals surface area contributed by atoms with E-state index >= 15 is 0 Å². The molecule has 0 aromatic heterocycles. The molecule has 1 aromatic rings. The van der Waals surface area contributed by atoms with Crippen molar-refractivity contribution in [3.63, 3.8) is 0 Å². The molecule has 0 radical (unpaired) electrons. The number of carbonyl (C=O) groups is 1. The molecule has 1 saturated heterocycles. The molecule has 2 fully saturated rings. The summed E-state index contributed by atoms with van der Waals surface area (Å²) >= 11 is 0. The molecule has 4 nitrogen and oxygen atoms in total. The summed E-state index contributed by atoms with van der Waals surface area (Å²) in [4.78, 5) is 16.9. The third kappa shape index (κ3) is 4.01. The summed E-state index contributed by atoms with van der Waals surface area (Å²) in [6.45, 7) is 5.09. The van der Waals surface area contributed by atoms with Crippen LogP contribution in [0.25, 0.3) is 0 Å². The Morgan fingerprint density at radius 3 is 2.59 bits per heavy atom. The summed E-state index contributed by atoms with van der Waals surface area (Å²) in [6, 6.07) is 7.96. The van der Waals surface area contributed by atoms with Crippen molar-refractivity contribution in [2.75, 3.05) is 39.8 Å². The zero-order chi connectivity index (χ0) is 15.4. The summed E-state index contributed by atoms with van der Waals surface area (Å²) in [5.74, 6) is 2.09. The van der Waals surface area contributed by atoms with Gasteiger partial charge in [-0.05, 0) is 36.8 Å². The molecular formula is C18H26N2O2. The number of methoxy groups -OCH3 is 1. The predicted molar refractivity (Wildman–Crippen MR) is 87.1 cm³/mol. The average molecular weight is 302 g/mol. The van der Waals surface area contributed by atoms with Gasteiger partial charge >= 0.3 is 0 Å². The molecule has 1 saturated carbocycles. The first-order valence-corrected chi connectivity index (χ1v) is 8.38. The maximum Gasteiger partial charge on any atom is 0.222 e. The van der Waals surface area contributed by atoms with Crippen LogP contribution in [0.4, 0.5) is 0 Å². The number of nitrogens with zero attached hydrogens (tertiary/aromatic N) is 2. The van der Waals surface area contributed by atoms with E-state index in [1.165, 1.54) is 19.4 Å². The Bertz CT molecular complexity index is 506. The summed E-state index contributed by atoms with van der Waals surface area (Å²) in [5, 5.41) is 0. The Hall–Kier alpha value is -1.55. The van der Waals surface area contributed by atoms with Gasteiger partial charge in [0.05, 0.1) is 7.11 Å². The molecule has 1 amide bonds. The van der Waals surface area contributed by atoms with Gasteiger partial charge in [0.25, 0.3) is 0 Å². The van der Waals surface area contributed by atoms with Crippen LogP contribution in [0.5, 0.6) is 5.75 Å². The second-order valence-corrected chi connectivity index (χ2v) is 6.44. The first-order chi connectivity index (χ1) is 10.8. The van der Waals surface area contributed by atoms with Crippen molar-refractivity contribution >= 4 is 5.91 Å². The van der Waals surface area contributed by atoms with Gasteiger partial charge in [0.2, 0.25) is 5.91 Å². The number of ether oxygens (including phenoxy) is 1. The van der Waals surface area contributed by atoms with Gasteiger partial charge in [-0.3, -0.25) is 9.69 Å². The van der Waals surface area contributed by atoms with E-state index < -0.39 is 0 Å². The molecule has 1 heterocycles. The van der Waals surface area contributed by atoms with E-state index in [-0.39, 0.29) is 5.91 Å². The first-order valence-electron chi connectivity index (χ1n) is 8.38. The molecule has 1 aliphatic carbocycles. The fourth-order valence-corrected chi connectivity index (χ4v) is 3.15. The number of aryl methyl sites for hydroxylation is 1. The van der Waals surface area contributed by atoms with E-state index in [1.54, 1.807) is 7.11 Å². The lowest BCUT2D eigenvalue weighted by Gasteiger charge is -2.34. The quantitative estimate of drug-likeness (QED) is 0.807. The molecular weight excluding hydrogens is 276 g/mol. The van der Waals surface area contributed by atoms with Gasteiger partial charge in [-0.25, -0.2) is 0 Å². The minimum atomic E-state index is 0.275. The van der Waals surface area contributed by atoms with Crippen LogP contribution in [0.1, 0.15) is 24.8 Å². The predicted octanol–water partition coefficient (Wildman–Crippen LogP) is 2.18. The van der Waals surface area contributed by atoms with Crippen molar-refractivity contribution < 1.29 is 9.53 Å². The standard InChI is InChI=1S/C18H26N2O2/c1-22-17-5-3-2-4-16(17)8-9-18(21)20-12-10-19(11-13-20)14-15-6-7-15/h2-5,15H,6-14H2,1H3. The molecule has 120 valence electrons. The number of benzene rings is 1. The van der Waals surface area contributed by atoms with E-state index in [1.807, 2.05) is 29.2 Å². The van der Waals surface area contributed by atoms with Crippen molar-refractivity contribution in [3.8, 4) is 5.75 Å². The molecule has 0 atom stereocenters. The molecule has 0 N–H and O–H groups in total. The second-order valence-electron chi connectivity index (χ2n) is 6.44. The van der Waals surface area contributed by atoms with Crippen LogP contribution in [0, 0.1) is 5.92 Å². The molecule has 1 aromatic carbocycles. The number of rotatable bonds is 6. The van der Waals surface area contributed by atoms with Crippen molar-refractivity contribution in [1.29, 1.82) is 0 Å². The van der Waals surface area contributed by atoms with E-state index in [4.69, 9.17) is 4.74 Å². The lowest BCUT2D eigenvalue weighted by molar-refractivity contribution is -0.132. The number of piperazine rings is 1. The van der Waals surface area contributed by atoms with Crippen LogP contribution < -0.4 is 4.74 Å². The van der Waals surface area contributed by atoms with E-state index in [0.717, 1.165) is 49.8 Å². The third-order valence-electron chi connectivity index (χ3n) is 4.74. The highest BCUT2D eigenvalue weighted by atomic mass is 16.5. The Morgan fingerprint density at radius 2 is 1.91 bits per heavy atom. The molecule has 0 unspecified atom stereocenters. The minimum Gasteiger partial charge on any atom is -0.496 e. The number of hydrogen-bond acceptors (Lipinski definition) is 3. The largest absolute Gasteiger partial charge is 0.496 e. The molecule has 0 spiro atoms. The van der Waals surface area contributed by atoms with Gasteiger partial charge in [0.1, 0.15) is 5.75 Å². The maximum absolute atomic E-state index is 12.4. The summed E-state index contributed by atoms with van der Waals surface area (Å²) in [5.41, 5.74) is 1.12. The number of carbonyl (C=O) groups excluding carboxylic acids is 1. The van der Waals surface area contributed by atoms with Crippen LogP contribution in [-0.2, 0) is 11.2 Å². The van der Waals surface area contributed by atoms with Gasteiger partial charge < -0.3 is 9.64 Å².